The lowest BCUT2D eigenvalue weighted by Gasteiger charge is -2.11. The van der Waals surface area contributed by atoms with E-state index in [2.05, 4.69) is 10.6 Å². The first-order chi connectivity index (χ1) is 13.1. The zero-order valence-corrected chi connectivity index (χ0v) is 15.1. The van der Waals surface area contributed by atoms with E-state index in [0.717, 1.165) is 16.5 Å². The van der Waals surface area contributed by atoms with Crippen molar-refractivity contribution in [1.29, 1.82) is 0 Å². The molecule has 0 saturated carbocycles. The van der Waals surface area contributed by atoms with Gasteiger partial charge in [-0.25, -0.2) is 0 Å². The van der Waals surface area contributed by atoms with Gasteiger partial charge in [0.1, 0.15) is 11.3 Å². The molecule has 1 aromatic heterocycles. The van der Waals surface area contributed by atoms with E-state index in [-0.39, 0.29) is 30.8 Å². The molecule has 0 aliphatic rings. The number of rotatable bonds is 7. The van der Waals surface area contributed by atoms with E-state index in [9.17, 15) is 9.59 Å². The summed E-state index contributed by atoms with van der Waals surface area (Å²) in [5, 5.41) is 6.60. The molecule has 138 valence electrons. The van der Waals surface area contributed by atoms with Crippen molar-refractivity contribution in [3.05, 3.63) is 78.1 Å². The molecule has 3 aromatic rings. The fourth-order valence-corrected chi connectivity index (χ4v) is 2.69. The van der Waals surface area contributed by atoms with Crippen LogP contribution in [0.1, 0.15) is 30.7 Å². The molecule has 2 aromatic carbocycles. The van der Waals surface area contributed by atoms with Gasteiger partial charge in [0, 0.05) is 24.4 Å². The average molecular weight is 362 g/mol. The van der Waals surface area contributed by atoms with Gasteiger partial charge in [0.05, 0.1) is 6.04 Å². The number of hydrogen-bond acceptors (Lipinski definition) is 3. The molecule has 1 atom stereocenters. The van der Waals surface area contributed by atoms with Crippen LogP contribution in [0, 0.1) is 0 Å². The van der Waals surface area contributed by atoms with Crippen LogP contribution < -0.4 is 10.6 Å². The number of para-hydroxylation sites is 1. The largest absolute Gasteiger partial charge is 0.459 e. The van der Waals surface area contributed by atoms with Crippen molar-refractivity contribution in [2.45, 2.75) is 19.4 Å². The van der Waals surface area contributed by atoms with E-state index >= 15 is 0 Å². The third-order valence-corrected chi connectivity index (χ3v) is 4.13. The first-order valence-electron chi connectivity index (χ1n) is 8.90. The maximum atomic E-state index is 12.1. The average Bonchev–Trinajstić information content (AvgIpc) is 3.11. The Bertz CT molecular complexity index is 911. The number of benzene rings is 2. The highest BCUT2D eigenvalue weighted by molar-refractivity contribution is 5.92. The van der Waals surface area contributed by atoms with Crippen molar-refractivity contribution in [1.82, 2.24) is 10.6 Å². The Morgan fingerprint density at radius 2 is 1.81 bits per heavy atom. The lowest BCUT2D eigenvalue weighted by Crippen LogP contribution is -2.31. The smallest absolute Gasteiger partial charge is 0.244 e. The van der Waals surface area contributed by atoms with Crippen LogP contribution in [0.25, 0.3) is 17.0 Å². The third-order valence-electron chi connectivity index (χ3n) is 4.13. The second-order valence-electron chi connectivity index (χ2n) is 6.26. The second kappa shape index (κ2) is 8.85. The predicted molar refractivity (Wildman–Crippen MR) is 106 cm³/mol. The topological polar surface area (TPSA) is 71.3 Å². The molecule has 0 fully saturated rings. The van der Waals surface area contributed by atoms with Crippen molar-refractivity contribution in [3.63, 3.8) is 0 Å². The molecule has 2 amide bonds. The van der Waals surface area contributed by atoms with E-state index in [4.69, 9.17) is 4.42 Å². The van der Waals surface area contributed by atoms with Crippen LogP contribution in [0.15, 0.2) is 71.2 Å². The number of amides is 2. The highest BCUT2D eigenvalue weighted by Gasteiger charge is 2.14. The van der Waals surface area contributed by atoms with Crippen molar-refractivity contribution in [2.75, 3.05) is 6.54 Å². The standard InChI is InChI=1S/C22H22N2O3/c1-16(20-15-18-9-5-6-10-19(18)27-20)24-22(26)13-14-23-21(25)12-11-17-7-3-2-4-8-17/h2-12,15-16H,13-14H2,1H3,(H,23,25)(H,24,26)/b12-11+/t16-/m0/s1. The first kappa shape index (κ1) is 18.5. The quantitative estimate of drug-likeness (QED) is 0.628. The molecular formula is C22H22N2O3. The van der Waals surface area contributed by atoms with Gasteiger partial charge < -0.3 is 15.1 Å². The number of carbonyl (C=O) groups excluding carboxylic acids is 2. The van der Waals surface area contributed by atoms with E-state index in [0.29, 0.717) is 5.76 Å². The molecular weight excluding hydrogens is 340 g/mol. The summed E-state index contributed by atoms with van der Waals surface area (Å²) in [4.78, 5) is 23.9. The molecule has 5 heteroatoms. The summed E-state index contributed by atoms with van der Waals surface area (Å²) in [6.45, 7) is 2.15. The first-order valence-corrected chi connectivity index (χ1v) is 8.90. The molecule has 5 nitrogen and oxygen atoms in total. The van der Waals surface area contributed by atoms with E-state index in [1.807, 2.05) is 67.6 Å². The Hall–Kier alpha value is -3.34. The highest BCUT2D eigenvalue weighted by atomic mass is 16.3. The minimum atomic E-state index is -0.237. The van der Waals surface area contributed by atoms with Crippen molar-refractivity contribution in [2.24, 2.45) is 0 Å². The monoisotopic (exact) mass is 362 g/mol. The Morgan fingerprint density at radius 1 is 1.07 bits per heavy atom. The van der Waals surface area contributed by atoms with Crippen LogP contribution in [0.5, 0.6) is 0 Å². The second-order valence-corrected chi connectivity index (χ2v) is 6.26. The minimum absolute atomic E-state index is 0.143. The van der Waals surface area contributed by atoms with Crippen LogP contribution in [0.4, 0.5) is 0 Å². The summed E-state index contributed by atoms with van der Waals surface area (Å²) in [5.74, 6) is 0.340. The maximum Gasteiger partial charge on any atom is 0.244 e. The van der Waals surface area contributed by atoms with Gasteiger partial charge in [-0.2, -0.15) is 0 Å². The molecule has 0 radical (unpaired) electrons. The summed E-state index contributed by atoms with van der Waals surface area (Å²) >= 11 is 0. The number of nitrogens with one attached hydrogen (secondary N) is 2. The number of furan rings is 1. The van der Waals surface area contributed by atoms with Crippen molar-refractivity contribution < 1.29 is 14.0 Å². The molecule has 0 unspecified atom stereocenters. The van der Waals surface area contributed by atoms with Crippen molar-refractivity contribution >= 4 is 28.9 Å². The van der Waals surface area contributed by atoms with E-state index in [1.54, 1.807) is 6.08 Å². The molecule has 1 heterocycles. The van der Waals surface area contributed by atoms with Gasteiger partial charge in [-0.1, -0.05) is 48.5 Å². The van der Waals surface area contributed by atoms with Crippen LogP contribution >= 0.6 is 0 Å². The third kappa shape index (κ3) is 5.31. The summed E-state index contributed by atoms with van der Waals surface area (Å²) < 4.78 is 5.75. The number of hydrogen-bond donors (Lipinski definition) is 2. The minimum Gasteiger partial charge on any atom is -0.459 e. The Labute approximate surface area is 158 Å². The Morgan fingerprint density at radius 3 is 2.59 bits per heavy atom. The lowest BCUT2D eigenvalue weighted by atomic mass is 10.2. The highest BCUT2D eigenvalue weighted by Crippen LogP contribution is 2.23. The fourth-order valence-electron chi connectivity index (χ4n) is 2.69. The fraction of sp³-hybridized carbons (Fsp3) is 0.182. The van der Waals surface area contributed by atoms with Gasteiger partial charge in [-0.3, -0.25) is 9.59 Å². The van der Waals surface area contributed by atoms with Crippen LogP contribution in [-0.2, 0) is 9.59 Å². The molecule has 0 saturated heterocycles. The van der Waals surface area contributed by atoms with Crippen molar-refractivity contribution in [3.8, 4) is 0 Å². The normalized spacial score (nSPS) is 12.2. The van der Waals surface area contributed by atoms with Crippen LogP contribution in [0.2, 0.25) is 0 Å². The summed E-state index contributed by atoms with van der Waals surface area (Å²) in [6.07, 6.45) is 3.40. The number of carbonyl (C=O) groups is 2. The summed E-state index contributed by atoms with van der Waals surface area (Å²) in [6, 6.07) is 19.0. The predicted octanol–water partition coefficient (Wildman–Crippen LogP) is 3.83. The maximum absolute atomic E-state index is 12.1. The molecule has 2 N–H and O–H groups in total. The lowest BCUT2D eigenvalue weighted by molar-refractivity contribution is -0.122. The van der Waals surface area contributed by atoms with E-state index in [1.165, 1.54) is 6.08 Å². The number of fused-ring (bicyclic) bond motifs is 1. The molecule has 0 aliphatic carbocycles. The zero-order valence-electron chi connectivity index (χ0n) is 15.1. The molecule has 0 spiro atoms. The molecule has 3 rings (SSSR count). The van der Waals surface area contributed by atoms with Gasteiger partial charge >= 0.3 is 0 Å². The zero-order chi connectivity index (χ0) is 19.1. The van der Waals surface area contributed by atoms with Gasteiger partial charge in [0.25, 0.3) is 0 Å². The van der Waals surface area contributed by atoms with E-state index < -0.39 is 0 Å². The van der Waals surface area contributed by atoms with Crippen LogP contribution in [-0.4, -0.2) is 18.4 Å². The molecule has 0 aliphatic heterocycles. The van der Waals surface area contributed by atoms with Crippen LogP contribution in [0.3, 0.4) is 0 Å². The molecule has 0 bridgehead atoms. The van der Waals surface area contributed by atoms with Gasteiger partial charge in [-0.05, 0) is 30.7 Å². The van der Waals surface area contributed by atoms with Gasteiger partial charge in [0.15, 0.2) is 0 Å². The molecule has 27 heavy (non-hydrogen) atoms. The summed E-state index contributed by atoms with van der Waals surface area (Å²) in [5.41, 5.74) is 1.75. The summed E-state index contributed by atoms with van der Waals surface area (Å²) in [7, 11) is 0. The van der Waals surface area contributed by atoms with Gasteiger partial charge in [0.2, 0.25) is 11.8 Å². The Kier molecular flexibility index (Phi) is 6.05. The Balaban J connectivity index is 1.42. The SMILES string of the molecule is C[C@H](NC(=O)CCNC(=O)/C=C/c1ccccc1)c1cc2ccccc2o1. The van der Waals surface area contributed by atoms with Gasteiger partial charge in [-0.15, -0.1) is 0 Å².